The number of hydrogen-bond donors (Lipinski definition) is 1. The van der Waals surface area contributed by atoms with Gasteiger partial charge in [0.05, 0.1) is 22.0 Å². The molecule has 0 saturated heterocycles. The number of benzene rings is 1. The quantitative estimate of drug-likeness (QED) is 0.872. The van der Waals surface area contributed by atoms with E-state index in [0.717, 1.165) is 5.69 Å². The third-order valence-electron chi connectivity index (χ3n) is 2.17. The van der Waals surface area contributed by atoms with Gasteiger partial charge in [0, 0.05) is 6.20 Å². The molecule has 16 heavy (non-hydrogen) atoms. The van der Waals surface area contributed by atoms with Crippen LogP contribution in [0.5, 0.6) is 0 Å². The van der Waals surface area contributed by atoms with Gasteiger partial charge in [0.2, 0.25) is 0 Å². The summed E-state index contributed by atoms with van der Waals surface area (Å²) in [6.07, 6.45) is 1.68. The molecule has 0 bridgehead atoms. The van der Waals surface area contributed by atoms with Gasteiger partial charge in [-0.3, -0.25) is 0 Å². The minimum absolute atomic E-state index is 0.135. The molecule has 1 aromatic carbocycles. The molecule has 82 valence electrons. The third kappa shape index (κ3) is 1.79. The van der Waals surface area contributed by atoms with E-state index in [1.54, 1.807) is 24.4 Å². The molecule has 1 heterocycles. The predicted octanol–water partition coefficient (Wildman–Crippen LogP) is 2.53. The van der Waals surface area contributed by atoms with E-state index in [2.05, 4.69) is 5.10 Å². The van der Waals surface area contributed by atoms with Crippen LogP contribution in [0.1, 0.15) is 16.1 Å². The molecule has 5 heteroatoms. The minimum atomic E-state index is -1.02. The average molecular weight is 237 g/mol. The molecule has 0 amide bonds. The Morgan fingerprint density at radius 3 is 2.75 bits per heavy atom. The Balaban J connectivity index is 2.67. The fourth-order valence-corrected chi connectivity index (χ4v) is 1.72. The summed E-state index contributed by atoms with van der Waals surface area (Å²) in [7, 11) is 0. The van der Waals surface area contributed by atoms with Gasteiger partial charge in [-0.2, -0.15) is 5.10 Å². The largest absolute Gasteiger partial charge is 0.478 e. The van der Waals surface area contributed by atoms with Crippen LogP contribution in [0.25, 0.3) is 5.69 Å². The second-order valence-corrected chi connectivity index (χ2v) is 3.75. The Morgan fingerprint density at radius 2 is 2.19 bits per heavy atom. The Morgan fingerprint density at radius 1 is 1.44 bits per heavy atom. The number of rotatable bonds is 2. The molecule has 0 fully saturated rings. The molecule has 0 spiro atoms. The SMILES string of the molecule is Cc1ccn(-c2c(Cl)cccc2C(=O)O)n1. The van der Waals surface area contributed by atoms with Gasteiger partial charge in [0.25, 0.3) is 0 Å². The molecule has 2 rings (SSSR count). The van der Waals surface area contributed by atoms with Crippen molar-refractivity contribution in [3.63, 3.8) is 0 Å². The van der Waals surface area contributed by atoms with Gasteiger partial charge in [-0.1, -0.05) is 17.7 Å². The van der Waals surface area contributed by atoms with E-state index in [9.17, 15) is 4.79 Å². The Bertz CT molecular complexity index is 549. The van der Waals surface area contributed by atoms with Crippen LogP contribution in [0.2, 0.25) is 5.02 Å². The van der Waals surface area contributed by atoms with Gasteiger partial charge in [0.15, 0.2) is 0 Å². The molecule has 0 aliphatic rings. The van der Waals surface area contributed by atoms with Crippen molar-refractivity contribution in [1.29, 1.82) is 0 Å². The number of aryl methyl sites for hydroxylation is 1. The first-order chi connectivity index (χ1) is 7.59. The van der Waals surface area contributed by atoms with E-state index in [1.165, 1.54) is 10.7 Å². The fourth-order valence-electron chi connectivity index (χ4n) is 1.46. The summed E-state index contributed by atoms with van der Waals surface area (Å²) in [6.45, 7) is 1.83. The smallest absolute Gasteiger partial charge is 0.337 e. The molecule has 0 aliphatic heterocycles. The number of para-hydroxylation sites is 1. The number of carboxylic acid groups (broad SMARTS) is 1. The zero-order valence-electron chi connectivity index (χ0n) is 8.51. The first-order valence-corrected chi connectivity index (χ1v) is 5.02. The highest BCUT2D eigenvalue weighted by Crippen LogP contribution is 2.24. The zero-order valence-corrected chi connectivity index (χ0v) is 9.27. The number of nitrogens with zero attached hydrogens (tertiary/aromatic N) is 2. The Labute approximate surface area is 97.1 Å². The van der Waals surface area contributed by atoms with Crippen molar-refractivity contribution < 1.29 is 9.90 Å². The van der Waals surface area contributed by atoms with Gasteiger partial charge >= 0.3 is 5.97 Å². The van der Waals surface area contributed by atoms with Crippen LogP contribution >= 0.6 is 11.6 Å². The standard InChI is InChI=1S/C11H9ClN2O2/c1-7-5-6-14(13-7)10-8(11(15)16)3-2-4-9(10)12/h2-6H,1H3,(H,15,16). The van der Waals surface area contributed by atoms with Crippen LogP contribution < -0.4 is 0 Å². The fraction of sp³-hybridized carbons (Fsp3) is 0.0909. The molecule has 0 unspecified atom stereocenters. The highest BCUT2D eigenvalue weighted by molar-refractivity contribution is 6.33. The Hall–Kier alpha value is -1.81. The summed E-state index contributed by atoms with van der Waals surface area (Å²) >= 11 is 5.99. The lowest BCUT2D eigenvalue weighted by atomic mass is 10.2. The van der Waals surface area contributed by atoms with Crippen molar-refractivity contribution in [2.45, 2.75) is 6.92 Å². The lowest BCUT2D eigenvalue weighted by molar-refractivity contribution is 0.0696. The molecule has 4 nitrogen and oxygen atoms in total. The maximum absolute atomic E-state index is 11.1. The molecule has 1 aromatic heterocycles. The van der Waals surface area contributed by atoms with Crippen molar-refractivity contribution in [2.75, 3.05) is 0 Å². The topological polar surface area (TPSA) is 55.1 Å². The molecular formula is C11H9ClN2O2. The van der Waals surface area contributed by atoms with E-state index in [0.29, 0.717) is 10.7 Å². The molecule has 0 atom stereocenters. The van der Waals surface area contributed by atoms with Gasteiger partial charge in [-0.05, 0) is 25.1 Å². The lowest BCUT2D eigenvalue weighted by Gasteiger charge is -2.07. The first-order valence-electron chi connectivity index (χ1n) is 4.64. The summed E-state index contributed by atoms with van der Waals surface area (Å²) in [5.74, 6) is -1.02. The van der Waals surface area contributed by atoms with Crippen molar-refractivity contribution in [3.8, 4) is 5.69 Å². The van der Waals surface area contributed by atoms with Gasteiger partial charge in [-0.25, -0.2) is 9.48 Å². The Kier molecular flexibility index (Phi) is 2.66. The monoisotopic (exact) mass is 236 g/mol. The summed E-state index contributed by atoms with van der Waals surface area (Å²) in [4.78, 5) is 11.1. The van der Waals surface area contributed by atoms with Crippen LogP contribution in [-0.2, 0) is 0 Å². The molecule has 0 saturated carbocycles. The molecule has 0 aliphatic carbocycles. The van der Waals surface area contributed by atoms with Crippen molar-refractivity contribution in [1.82, 2.24) is 9.78 Å². The molecule has 1 N–H and O–H groups in total. The summed E-state index contributed by atoms with van der Waals surface area (Å²) in [5, 5.41) is 13.6. The first kappa shape index (κ1) is 10.7. The normalized spacial score (nSPS) is 10.4. The van der Waals surface area contributed by atoms with E-state index in [1.807, 2.05) is 6.92 Å². The minimum Gasteiger partial charge on any atom is -0.478 e. The summed E-state index contributed by atoms with van der Waals surface area (Å²) < 4.78 is 1.47. The van der Waals surface area contributed by atoms with E-state index in [-0.39, 0.29) is 5.56 Å². The van der Waals surface area contributed by atoms with Crippen LogP contribution in [-0.4, -0.2) is 20.9 Å². The molecule has 2 aromatic rings. The van der Waals surface area contributed by atoms with Crippen molar-refractivity contribution in [3.05, 3.63) is 46.7 Å². The third-order valence-corrected chi connectivity index (χ3v) is 2.47. The van der Waals surface area contributed by atoms with Gasteiger partial charge in [0.1, 0.15) is 0 Å². The second-order valence-electron chi connectivity index (χ2n) is 3.34. The van der Waals surface area contributed by atoms with Gasteiger partial charge < -0.3 is 5.11 Å². The van der Waals surface area contributed by atoms with Crippen LogP contribution in [0.3, 0.4) is 0 Å². The van der Waals surface area contributed by atoms with Gasteiger partial charge in [-0.15, -0.1) is 0 Å². The predicted molar refractivity (Wildman–Crippen MR) is 60.3 cm³/mol. The molecular weight excluding hydrogens is 228 g/mol. The number of hydrogen-bond acceptors (Lipinski definition) is 2. The second kappa shape index (κ2) is 3.98. The summed E-state index contributed by atoms with van der Waals surface area (Å²) in [5.41, 5.74) is 1.33. The number of aromatic nitrogens is 2. The van der Waals surface area contributed by atoms with E-state index >= 15 is 0 Å². The number of halogens is 1. The number of aromatic carboxylic acids is 1. The number of carboxylic acids is 1. The van der Waals surface area contributed by atoms with E-state index < -0.39 is 5.97 Å². The average Bonchev–Trinajstić information content (AvgIpc) is 2.64. The highest BCUT2D eigenvalue weighted by Gasteiger charge is 2.15. The van der Waals surface area contributed by atoms with E-state index in [4.69, 9.17) is 16.7 Å². The zero-order chi connectivity index (χ0) is 11.7. The van der Waals surface area contributed by atoms with Crippen LogP contribution in [0, 0.1) is 6.92 Å². The van der Waals surface area contributed by atoms with Crippen molar-refractivity contribution in [2.24, 2.45) is 0 Å². The maximum atomic E-state index is 11.1. The maximum Gasteiger partial charge on any atom is 0.337 e. The van der Waals surface area contributed by atoms with Crippen LogP contribution in [0.15, 0.2) is 30.5 Å². The molecule has 0 radical (unpaired) electrons. The van der Waals surface area contributed by atoms with Crippen molar-refractivity contribution >= 4 is 17.6 Å². The van der Waals surface area contributed by atoms with Crippen LogP contribution in [0.4, 0.5) is 0 Å². The summed E-state index contributed by atoms with van der Waals surface area (Å²) in [6, 6.07) is 6.53. The highest BCUT2D eigenvalue weighted by atomic mass is 35.5. The number of carbonyl (C=O) groups is 1. The lowest BCUT2D eigenvalue weighted by Crippen LogP contribution is -2.06.